The molecule has 0 aliphatic heterocycles. The maximum Gasteiger partial charge on any atom is 0.419 e. The molecule has 1 aromatic rings. The van der Waals surface area contributed by atoms with Gasteiger partial charge in [0.15, 0.2) is 0 Å². The Bertz CT molecular complexity index is 484. The van der Waals surface area contributed by atoms with Gasteiger partial charge in [-0.3, -0.25) is 4.79 Å². The van der Waals surface area contributed by atoms with Crippen LogP contribution in [0.3, 0.4) is 0 Å². The molecule has 1 N–H and O–H groups in total. The zero-order chi connectivity index (χ0) is 14.6. The topological polar surface area (TPSA) is 55.4 Å². The molecule has 8 heteroatoms. The number of alkyl halides is 2. The third-order valence-electron chi connectivity index (χ3n) is 1.94. The van der Waals surface area contributed by atoms with Crippen LogP contribution >= 0.6 is 0 Å². The molecule has 0 saturated carbocycles. The molecule has 1 amide bonds. The van der Waals surface area contributed by atoms with Crippen LogP contribution in [-0.4, -0.2) is 24.4 Å². The summed E-state index contributed by atoms with van der Waals surface area (Å²) in [5.74, 6) is -10.6. The molecule has 0 radical (unpaired) electrons. The van der Waals surface area contributed by atoms with Gasteiger partial charge < -0.3 is 10.1 Å². The number of anilines is 1. The summed E-state index contributed by atoms with van der Waals surface area (Å²) in [6.45, 7) is 0.949. The van der Waals surface area contributed by atoms with Crippen LogP contribution in [0.4, 0.5) is 23.2 Å². The zero-order valence-electron chi connectivity index (χ0n) is 9.68. The highest BCUT2D eigenvalue weighted by atomic mass is 19.3. The smallest absolute Gasteiger partial charge is 0.419 e. The molecule has 0 aromatic heterocycles. The number of amides is 1. The van der Waals surface area contributed by atoms with Crippen LogP contribution in [0.15, 0.2) is 18.2 Å². The first-order valence-corrected chi connectivity index (χ1v) is 5.10. The van der Waals surface area contributed by atoms with Crippen molar-refractivity contribution in [2.75, 3.05) is 11.9 Å². The van der Waals surface area contributed by atoms with Crippen molar-refractivity contribution in [3.8, 4) is 0 Å². The number of benzene rings is 1. The molecule has 0 fully saturated rings. The number of rotatable bonds is 4. The summed E-state index contributed by atoms with van der Waals surface area (Å²) in [5.41, 5.74) is -0.536. The first-order chi connectivity index (χ1) is 8.77. The Hall–Kier alpha value is -2.12. The lowest BCUT2D eigenvalue weighted by atomic mass is 10.2. The van der Waals surface area contributed by atoms with Crippen molar-refractivity contribution in [1.82, 2.24) is 0 Å². The summed E-state index contributed by atoms with van der Waals surface area (Å²) in [7, 11) is 0. The van der Waals surface area contributed by atoms with E-state index in [4.69, 9.17) is 0 Å². The van der Waals surface area contributed by atoms with Gasteiger partial charge >= 0.3 is 17.8 Å². The van der Waals surface area contributed by atoms with Crippen molar-refractivity contribution in [2.45, 2.75) is 12.8 Å². The van der Waals surface area contributed by atoms with Crippen LogP contribution < -0.4 is 5.32 Å². The van der Waals surface area contributed by atoms with Crippen molar-refractivity contribution < 1.29 is 31.9 Å². The van der Waals surface area contributed by atoms with E-state index in [1.807, 2.05) is 0 Å². The van der Waals surface area contributed by atoms with E-state index in [-0.39, 0.29) is 6.61 Å². The van der Waals surface area contributed by atoms with Gasteiger partial charge in [0.2, 0.25) is 0 Å². The van der Waals surface area contributed by atoms with Crippen molar-refractivity contribution >= 4 is 17.6 Å². The summed E-state index contributed by atoms with van der Waals surface area (Å²) >= 11 is 0. The highest BCUT2D eigenvalue weighted by Gasteiger charge is 2.49. The number of esters is 1. The number of ether oxygens (including phenoxy) is 1. The minimum absolute atomic E-state index is 0.337. The lowest BCUT2D eigenvalue weighted by Gasteiger charge is -2.14. The second kappa shape index (κ2) is 5.68. The molecule has 0 spiro atoms. The number of carbonyl (C=O) groups is 2. The van der Waals surface area contributed by atoms with Gasteiger partial charge in [-0.25, -0.2) is 13.6 Å². The van der Waals surface area contributed by atoms with Gasteiger partial charge in [0.05, 0.1) is 6.61 Å². The Balaban J connectivity index is 2.86. The molecule has 19 heavy (non-hydrogen) atoms. The highest BCUT2D eigenvalue weighted by Crippen LogP contribution is 2.20. The number of hydrogen-bond donors (Lipinski definition) is 1. The number of nitrogens with one attached hydrogen (secondary N) is 1. The fourth-order valence-electron chi connectivity index (χ4n) is 1.15. The molecule has 4 nitrogen and oxygen atoms in total. The first kappa shape index (κ1) is 14.9. The Labute approximate surface area is 105 Å². The molecule has 0 saturated heterocycles. The van der Waals surface area contributed by atoms with Crippen molar-refractivity contribution in [3.05, 3.63) is 29.8 Å². The molecular weight excluding hydrogens is 270 g/mol. The molecule has 0 heterocycles. The molecule has 1 aromatic carbocycles. The van der Waals surface area contributed by atoms with Crippen LogP contribution in [0.2, 0.25) is 0 Å². The Morgan fingerprint density at radius 2 is 1.74 bits per heavy atom. The highest BCUT2D eigenvalue weighted by molar-refractivity contribution is 6.10. The van der Waals surface area contributed by atoms with Gasteiger partial charge in [-0.05, 0) is 19.1 Å². The molecule has 0 aliphatic carbocycles. The van der Waals surface area contributed by atoms with Gasteiger partial charge in [-0.15, -0.1) is 0 Å². The standard InChI is InChI=1S/C11H9F4NO3/c1-2-19-10(18)11(14,15)9(17)16-8-4-6(12)3-7(13)5-8/h3-5H,2H2,1H3,(H,16,17). The predicted octanol–water partition coefficient (Wildman–Crippen LogP) is 2.10. The molecule has 104 valence electrons. The second-order valence-corrected chi connectivity index (χ2v) is 3.41. The van der Waals surface area contributed by atoms with Crippen LogP contribution in [0.1, 0.15) is 6.92 Å². The quantitative estimate of drug-likeness (QED) is 0.521. The fourth-order valence-corrected chi connectivity index (χ4v) is 1.15. The first-order valence-electron chi connectivity index (χ1n) is 5.10. The minimum Gasteiger partial charge on any atom is -0.461 e. The van der Waals surface area contributed by atoms with E-state index < -0.39 is 35.1 Å². The number of hydrogen-bond acceptors (Lipinski definition) is 3. The number of halogens is 4. The van der Waals surface area contributed by atoms with E-state index >= 15 is 0 Å². The molecule has 0 bridgehead atoms. The third kappa shape index (κ3) is 3.67. The van der Waals surface area contributed by atoms with Crippen LogP contribution in [0.5, 0.6) is 0 Å². The zero-order valence-corrected chi connectivity index (χ0v) is 9.68. The lowest BCUT2D eigenvalue weighted by Crippen LogP contribution is -2.43. The van der Waals surface area contributed by atoms with Crippen molar-refractivity contribution in [2.24, 2.45) is 0 Å². The summed E-state index contributed by atoms with van der Waals surface area (Å²) < 4.78 is 56.0. The molecular formula is C11H9F4NO3. The van der Waals surface area contributed by atoms with Gasteiger partial charge in [-0.1, -0.05) is 0 Å². The van der Waals surface area contributed by atoms with Gasteiger partial charge in [0.25, 0.3) is 0 Å². The summed E-state index contributed by atoms with van der Waals surface area (Å²) in [6.07, 6.45) is 0. The normalized spacial score (nSPS) is 11.0. The van der Waals surface area contributed by atoms with Crippen LogP contribution in [0, 0.1) is 11.6 Å². The molecule has 1 rings (SSSR count). The van der Waals surface area contributed by atoms with Gasteiger partial charge in [0.1, 0.15) is 11.6 Å². The van der Waals surface area contributed by atoms with E-state index in [9.17, 15) is 27.2 Å². The minimum atomic E-state index is -4.45. The summed E-state index contributed by atoms with van der Waals surface area (Å²) in [6, 6.07) is 1.75. The van der Waals surface area contributed by atoms with Gasteiger partial charge in [0, 0.05) is 11.8 Å². The molecule has 0 atom stereocenters. The monoisotopic (exact) mass is 279 g/mol. The van der Waals surface area contributed by atoms with Crippen LogP contribution in [-0.2, 0) is 14.3 Å². The summed E-state index contributed by atoms with van der Waals surface area (Å²) in [5, 5.41) is 1.53. The predicted molar refractivity (Wildman–Crippen MR) is 56.6 cm³/mol. The average Bonchev–Trinajstić information content (AvgIpc) is 2.27. The Morgan fingerprint density at radius 3 is 2.21 bits per heavy atom. The van der Waals surface area contributed by atoms with Crippen molar-refractivity contribution in [3.63, 3.8) is 0 Å². The van der Waals surface area contributed by atoms with E-state index in [2.05, 4.69) is 4.74 Å². The number of carbonyl (C=O) groups excluding carboxylic acids is 2. The average molecular weight is 279 g/mol. The lowest BCUT2D eigenvalue weighted by molar-refractivity contribution is -0.175. The SMILES string of the molecule is CCOC(=O)C(F)(F)C(=O)Nc1cc(F)cc(F)c1. The van der Waals surface area contributed by atoms with Crippen LogP contribution in [0.25, 0.3) is 0 Å². The van der Waals surface area contributed by atoms with Crippen molar-refractivity contribution in [1.29, 1.82) is 0 Å². The molecule has 0 aliphatic rings. The molecule has 0 unspecified atom stereocenters. The Kier molecular flexibility index (Phi) is 4.47. The van der Waals surface area contributed by atoms with Gasteiger partial charge in [-0.2, -0.15) is 8.78 Å². The summed E-state index contributed by atoms with van der Waals surface area (Å²) in [4.78, 5) is 22.0. The fraction of sp³-hybridized carbons (Fsp3) is 0.273. The van der Waals surface area contributed by atoms with E-state index in [1.54, 1.807) is 0 Å². The maximum atomic E-state index is 13.2. The second-order valence-electron chi connectivity index (χ2n) is 3.41. The maximum absolute atomic E-state index is 13.2. The third-order valence-corrected chi connectivity index (χ3v) is 1.94. The van der Waals surface area contributed by atoms with E-state index in [1.165, 1.54) is 12.2 Å². The van der Waals surface area contributed by atoms with E-state index in [0.29, 0.717) is 18.2 Å². The Morgan fingerprint density at radius 1 is 1.21 bits per heavy atom. The van der Waals surface area contributed by atoms with E-state index in [0.717, 1.165) is 0 Å². The largest absolute Gasteiger partial charge is 0.461 e.